The monoisotopic (exact) mass is 308 g/mol. The van der Waals surface area contributed by atoms with Crippen LogP contribution in [0.5, 0.6) is 0 Å². The summed E-state index contributed by atoms with van der Waals surface area (Å²) >= 11 is 6.10. The van der Waals surface area contributed by atoms with Crippen LogP contribution in [-0.2, 0) is 11.3 Å². The molecule has 1 amide bonds. The highest BCUT2D eigenvalue weighted by atomic mass is 35.5. The maximum atomic E-state index is 11.5. The van der Waals surface area contributed by atoms with Gasteiger partial charge in [-0.3, -0.25) is 9.79 Å². The van der Waals surface area contributed by atoms with E-state index < -0.39 is 0 Å². The summed E-state index contributed by atoms with van der Waals surface area (Å²) in [6.45, 7) is 1.84. The zero-order valence-corrected chi connectivity index (χ0v) is 12.9. The quantitative estimate of drug-likeness (QED) is 0.424. The standard InChI is InChI=1S/C15H21ClN4O/c1-17-15(19-9-8-18-14(21)11-6-7-11)20-10-12-4-2-3-5-13(12)16/h2-5,11H,6-10H2,1H3,(H,18,21)(H2,17,19,20). The average molecular weight is 309 g/mol. The van der Waals surface area contributed by atoms with Crippen LogP contribution in [-0.4, -0.2) is 32.0 Å². The molecule has 21 heavy (non-hydrogen) atoms. The van der Waals surface area contributed by atoms with E-state index in [1.807, 2.05) is 24.3 Å². The predicted octanol–water partition coefficient (Wildman–Crippen LogP) is 1.53. The second kappa shape index (κ2) is 7.88. The molecule has 2 rings (SSSR count). The van der Waals surface area contributed by atoms with Gasteiger partial charge in [0.2, 0.25) is 5.91 Å². The van der Waals surface area contributed by atoms with Gasteiger partial charge < -0.3 is 16.0 Å². The third-order valence-electron chi connectivity index (χ3n) is 3.29. The molecule has 0 atom stereocenters. The molecule has 1 aromatic rings. The van der Waals surface area contributed by atoms with Crippen molar-refractivity contribution in [1.29, 1.82) is 0 Å². The van der Waals surface area contributed by atoms with Crippen molar-refractivity contribution in [2.45, 2.75) is 19.4 Å². The number of hydrogen-bond donors (Lipinski definition) is 3. The summed E-state index contributed by atoms with van der Waals surface area (Å²) in [5, 5.41) is 9.98. The van der Waals surface area contributed by atoms with Gasteiger partial charge in [-0.2, -0.15) is 0 Å². The van der Waals surface area contributed by atoms with Crippen molar-refractivity contribution in [1.82, 2.24) is 16.0 Å². The van der Waals surface area contributed by atoms with Crippen LogP contribution in [0.4, 0.5) is 0 Å². The van der Waals surface area contributed by atoms with Crippen LogP contribution in [0.1, 0.15) is 18.4 Å². The lowest BCUT2D eigenvalue weighted by Crippen LogP contribution is -2.41. The third kappa shape index (κ3) is 5.27. The topological polar surface area (TPSA) is 65.5 Å². The number of guanidine groups is 1. The van der Waals surface area contributed by atoms with E-state index in [9.17, 15) is 4.79 Å². The van der Waals surface area contributed by atoms with Crippen LogP contribution >= 0.6 is 11.6 Å². The summed E-state index contributed by atoms with van der Waals surface area (Å²) in [6.07, 6.45) is 2.06. The molecule has 1 aliphatic rings. The van der Waals surface area contributed by atoms with Gasteiger partial charge in [0.25, 0.3) is 0 Å². The van der Waals surface area contributed by atoms with Gasteiger partial charge in [0, 0.05) is 37.6 Å². The predicted molar refractivity (Wildman–Crippen MR) is 85.4 cm³/mol. The third-order valence-corrected chi connectivity index (χ3v) is 3.66. The highest BCUT2D eigenvalue weighted by Crippen LogP contribution is 2.28. The van der Waals surface area contributed by atoms with Crippen molar-refractivity contribution in [3.8, 4) is 0 Å². The summed E-state index contributed by atoms with van der Waals surface area (Å²) in [7, 11) is 1.71. The molecule has 0 spiro atoms. The van der Waals surface area contributed by atoms with E-state index in [1.54, 1.807) is 7.05 Å². The van der Waals surface area contributed by atoms with Gasteiger partial charge in [0.05, 0.1) is 0 Å². The fourth-order valence-corrected chi connectivity index (χ4v) is 2.10. The van der Waals surface area contributed by atoms with Gasteiger partial charge in [-0.25, -0.2) is 0 Å². The summed E-state index contributed by atoms with van der Waals surface area (Å²) in [5.41, 5.74) is 1.02. The number of amides is 1. The largest absolute Gasteiger partial charge is 0.355 e. The Morgan fingerprint density at radius 1 is 1.24 bits per heavy atom. The van der Waals surface area contributed by atoms with E-state index in [0.717, 1.165) is 23.4 Å². The Labute approximate surface area is 130 Å². The molecule has 1 aromatic carbocycles. The number of aliphatic imine (C=N–C) groups is 1. The number of rotatable bonds is 6. The van der Waals surface area contributed by atoms with Gasteiger partial charge in [-0.1, -0.05) is 29.8 Å². The Morgan fingerprint density at radius 2 is 1.95 bits per heavy atom. The first-order valence-electron chi connectivity index (χ1n) is 7.16. The molecule has 0 unspecified atom stereocenters. The summed E-state index contributed by atoms with van der Waals surface area (Å²) in [5.74, 6) is 1.11. The molecule has 3 N–H and O–H groups in total. The molecule has 0 aromatic heterocycles. The number of nitrogens with one attached hydrogen (secondary N) is 3. The smallest absolute Gasteiger partial charge is 0.223 e. The number of benzene rings is 1. The van der Waals surface area contributed by atoms with Gasteiger partial charge in [-0.15, -0.1) is 0 Å². The minimum Gasteiger partial charge on any atom is -0.355 e. The SMILES string of the molecule is CN=C(NCCNC(=O)C1CC1)NCc1ccccc1Cl. The number of nitrogens with zero attached hydrogens (tertiary/aromatic N) is 1. The lowest BCUT2D eigenvalue weighted by molar-refractivity contribution is -0.122. The highest BCUT2D eigenvalue weighted by molar-refractivity contribution is 6.31. The average Bonchev–Trinajstić information content (AvgIpc) is 3.32. The number of hydrogen-bond acceptors (Lipinski definition) is 2. The fraction of sp³-hybridized carbons (Fsp3) is 0.467. The van der Waals surface area contributed by atoms with E-state index in [0.29, 0.717) is 25.6 Å². The van der Waals surface area contributed by atoms with Crippen molar-refractivity contribution < 1.29 is 4.79 Å². The first-order valence-corrected chi connectivity index (χ1v) is 7.54. The summed E-state index contributed by atoms with van der Waals surface area (Å²) in [4.78, 5) is 15.6. The molecule has 1 saturated carbocycles. The van der Waals surface area contributed by atoms with Crippen LogP contribution < -0.4 is 16.0 Å². The molecule has 1 aliphatic carbocycles. The molecular formula is C15H21ClN4O. The second-order valence-corrected chi connectivity index (χ2v) is 5.42. The zero-order valence-electron chi connectivity index (χ0n) is 12.2. The molecule has 0 bridgehead atoms. The van der Waals surface area contributed by atoms with Gasteiger partial charge in [0.15, 0.2) is 5.96 Å². The summed E-state index contributed by atoms with van der Waals surface area (Å²) < 4.78 is 0. The van der Waals surface area contributed by atoms with Crippen molar-refractivity contribution >= 4 is 23.5 Å². The normalized spacial score (nSPS) is 14.7. The Balaban J connectivity index is 1.66. The number of carbonyl (C=O) groups is 1. The highest BCUT2D eigenvalue weighted by Gasteiger charge is 2.28. The first-order chi connectivity index (χ1) is 10.2. The number of carbonyl (C=O) groups excluding carboxylic acids is 1. The van der Waals surface area contributed by atoms with E-state index in [4.69, 9.17) is 11.6 Å². The zero-order chi connectivity index (χ0) is 15.1. The molecule has 5 nitrogen and oxygen atoms in total. The van der Waals surface area contributed by atoms with Crippen LogP contribution in [0.15, 0.2) is 29.3 Å². The van der Waals surface area contributed by atoms with Crippen molar-refractivity contribution in [3.63, 3.8) is 0 Å². The molecule has 0 heterocycles. The van der Waals surface area contributed by atoms with Crippen LogP contribution in [0.2, 0.25) is 5.02 Å². The van der Waals surface area contributed by atoms with Gasteiger partial charge in [0.1, 0.15) is 0 Å². The Morgan fingerprint density at radius 3 is 2.62 bits per heavy atom. The first kappa shape index (κ1) is 15.6. The molecule has 6 heteroatoms. The van der Waals surface area contributed by atoms with E-state index in [2.05, 4.69) is 20.9 Å². The molecule has 0 saturated heterocycles. The molecule has 0 radical (unpaired) electrons. The van der Waals surface area contributed by atoms with E-state index >= 15 is 0 Å². The molecule has 114 valence electrons. The van der Waals surface area contributed by atoms with Gasteiger partial charge in [-0.05, 0) is 24.5 Å². The fourth-order valence-electron chi connectivity index (χ4n) is 1.90. The van der Waals surface area contributed by atoms with E-state index in [1.165, 1.54) is 0 Å². The Bertz CT molecular complexity index is 514. The van der Waals surface area contributed by atoms with Gasteiger partial charge >= 0.3 is 0 Å². The van der Waals surface area contributed by atoms with E-state index in [-0.39, 0.29) is 11.8 Å². The molecule has 1 fully saturated rings. The number of halogens is 1. The minimum atomic E-state index is 0.163. The van der Waals surface area contributed by atoms with Crippen molar-refractivity contribution in [2.75, 3.05) is 20.1 Å². The second-order valence-electron chi connectivity index (χ2n) is 5.01. The Hall–Kier alpha value is -1.75. The van der Waals surface area contributed by atoms with Crippen LogP contribution in [0, 0.1) is 5.92 Å². The minimum absolute atomic E-state index is 0.163. The summed E-state index contributed by atoms with van der Waals surface area (Å²) in [6, 6.07) is 7.69. The molecular weight excluding hydrogens is 288 g/mol. The van der Waals surface area contributed by atoms with Crippen molar-refractivity contribution in [2.24, 2.45) is 10.9 Å². The van der Waals surface area contributed by atoms with Crippen LogP contribution in [0.25, 0.3) is 0 Å². The maximum absolute atomic E-state index is 11.5. The lowest BCUT2D eigenvalue weighted by Gasteiger charge is -2.13. The maximum Gasteiger partial charge on any atom is 0.223 e. The molecule has 0 aliphatic heterocycles. The van der Waals surface area contributed by atoms with Crippen molar-refractivity contribution in [3.05, 3.63) is 34.9 Å². The lowest BCUT2D eigenvalue weighted by atomic mass is 10.2. The van der Waals surface area contributed by atoms with Crippen LogP contribution in [0.3, 0.4) is 0 Å². The Kier molecular flexibility index (Phi) is 5.87.